The minimum absolute atomic E-state index is 0.281. The van der Waals surface area contributed by atoms with Crippen LogP contribution in [0.25, 0.3) is 0 Å². The molecule has 0 aliphatic heterocycles. The molecule has 0 bridgehead atoms. The summed E-state index contributed by atoms with van der Waals surface area (Å²) in [6, 6.07) is 5.26. The molecule has 1 heterocycles. The zero-order chi connectivity index (χ0) is 21.0. The molecule has 0 unspecified atom stereocenters. The van der Waals surface area contributed by atoms with Crippen LogP contribution in [-0.2, 0) is 16.6 Å². The molecule has 29 heavy (non-hydrogen) atoms. The van der Waals surface area contributed by atoms with Gasteiger partial charge in [0.15, 0.2) is 5.82 Å². The van der Waals surface area contributed by atoms with Gasteiger partial charge in [-0.05, 0) is 44.9 Å². The van der Waals surface area contributed by atoms with Gasteiger partial charge < -0.3 is 14.7 Å². The smallest absolute Gasteiger partial charge is 0.245 e. The largest absolute Gasteiger partial charge is 0.374 e. The number of sulfonamides is 1. The quantitative estimate of drug-likeness (QED) is 0.594. The highest BCUT2D eigenvalue weighted by molar-refractivity contribution is 7.89. The maximum Gasteiger partial charge on any atom is 0.245 e. The first-order valence-electron chi connectivity index (χ1n) is 10.4. The van der Waals surface area contributed by atoms with Crippen LogP contribution in [0.3, 0.4) is 0 Å². The van der Waals surface area contributed by atoms with E-state index in [1.807, 2.05) is 19.9 Å². The molecule has 0 saturated heterocycles. The average Bonchev–Trinajstić information content (AvgIpc) is 3.46. The first-order chi connectivity index (χ1) is 13.9. The highest BCUT2D eigenvalue weighted by atomic mass is 32.2. The second-order valence-corrected chi connectivity index (χ2v) is 9.05. The highest BCUT2D eigenvalue weighted by Gasteiger charge is 2.29. The zero-order valence-corrected chi connectivity index (χ0v) is 18.5. The minimum Gasteiger partial charge on any atom is -0.374 e. The Morgan fingerprint density at radius 2 is 1.79 bits per heavy atom. The van der Waals surface area contributed by atoms with Crippen LogP contribution in [0.5, 0.6) is 0 Å². The van der Waals surface area contributed by atoms with E-state index >= 15 is 0 Å². The van der Waals surface area contributed by atoms with Crippen LogP contribution >= 0.6 is 0 Å². The Morgan fingerprint density at radius 3 is 2.38 bits per heavy atom. The number of nitrogens with zero attached hydrogens (tertiary/aromatic N) is 4. The van der Waals surface area contributed by atoms with E-state index < -0.39 is 10.0 Å². The van der Waals surface area contributed by atoms with Crippen LogP contribution in [0, 0.1) is 0 Å². The Balaban J connectivity index is 1.89. The van der Waals surface area contributed by atoms with Crippen LogP contribution < -0.4 is 10.2 Å². The number of hydrogen-bond acceptors (Lipinski definition) is 7. The molecule has 9 heteroatoms. The summed E-state index contributed by atoms with van der Waals surface area (Å²) in [6.45, 7) is 10.7. The fourth-order valence-electron chi connectivity index (χ4n) is 3.39. The monoisotopic (exact) mass is 421 g/mol. The van der Waals surface area contributed by atoms with Crippen LogP contribution in [0.2, 0.25) is 0 Å². The number of hydrogen-bond donors (Lipinski definition) is 1. The summed E-state index contributed by atoms with van der Waals surface area (Å²) in [5.41, 5.74) is 1.70. The van der Waals surface area contributed by atoms with Gasteiger partial charge in [0.2, 0.25) is 15.9 Å². The molecule has 0 atom stereocenters. The van der Waals surface area contributed by atoms with Crippen molar-refractivity contribution in [3.05, 3.63) is 29.9 Å². The van der Waals surface area contributed by atoms with Crippen molar-refractivity contribution in [2.75, 3.05) is 36.4 Å². The minimum atomic E-state index is -3.54. The first kappa shape index (κ1) is 21.6. The second kappa shape index (κ2) is 9.13. The summed E-state index contributed by atoms with van der Waals surface area (Å²) in [5, 5.41) is 7.36. The molecule has 0 radical (unpaired) electrons. The molecule has 1 aromatic heterocycles. The van der Waals surface area contributed by atoms with E-state index in [-0.39, 0.29) is 4.90 Å². The summed E-state index contributed by atoms with van der Waals surface area (Å²) in [4.78, 5) is 6.91. The topological polar surface area (TPSA) is 91.6 Å². The van der Waals surface area contributed by atoms with E-state index in [9.17, 15) is 8.42 Å². The van der Waals surface area contributed by atoms with Gasteiger partial charge in [0.1, 0.15) is 0 Å². The van der Waals surface area contributed by atoms with Gasteiger partial charge in [0.25, 0.3) is 0 Å². The van der Waals surface area contributed by atoms with Crippen molar-refractivity contribution >= 4 is 21.4 Å². The molecule has 160 valence electrons. The van der Waals surface area contributed by atoms with E-state index in [1.165, 1.54) is 4.31 Å². The lowest BCUT2D eigenvalue weighted by Gasteiger charge is -2.26. The Labute approximate surface area is 173 Å². The molecule has 2 aromatic rings. The van der Waals surface area contributed by atoms with Gasteiger partial charge in [-0.25, -0.2) is 8.42 Å². The standard InChI is InChI=1S/C20H31N5O3S/c1-5-24(6-2)18-12-11-16(29(26,27)25(7-3)8-4)13-17(18)21-14-19-22-20(23-28-19)15-9-10-15/h11-13,15,21H,5-10,14H2,1-4H3. The first-order valence-corrected chi connectivity index (χ1v) is 11.8. The maximum atomic E-state index is 13.0. The lowest BCUT2D eigenvalue weighted by molar-refractivity contribution is 0.378. The molecular weight excluding hydrogens is 390 g/mol. The Kier molecular flexibility index (Phi) is 6.79. The number of benzene rings is 1. The Hall–Kier alpha value is -2.13. The molecule has 1 aliphatic rings. The molecule has 1 fully saturated rings. The third kappa shape index (κ3) is 4.72. The average molecular weight is 422 g/mol. The molecule has 1 N–H and O–H groups in total. The normalized spacial score (nSPS) is 14.4. The number of anilines is 2. The van der Waals surface area contributed by atoms with Gasteiger partial charge in [-0.1, -0.05) is 19.0 Å². The Morgan fingerprint density at radius 1 is 1.10 bits per heavy atom. The van der Waals surface area contributed by atoms with Gasteiger partial charge in [0, 0.05) is 32.1 Å². The third-order valence-electron chi connectivity index (χ3n) is 5.27. The van der Waals surface area contributed by atoms with E-state index in [0.717, 1.165) is 43.1 Å². The summed E-state index contributed by atoms with van der Waals surface area (Å²) in [6.07, 6.45) is 2.23. The number of rotatable bonds is 11. The Bertz CT molecular complexity index is 916. The summed E-state index contributed by atoms with van der Waals surface area (Å²) in [5.74, 6) is 1.71. The van der Waals surface area contributed by atoms with E-state index in [2.05, 4.69) is 34.2 Å². The van der Waals surface area contributed by atoms with Crippen LogP contribution in [-0.4, -0.2) is 49.0 Å². The predicted molar refractivity (Wildman–Crippen MR) is 114 cm³/mol. The molecule has 1 aromatic carbocycles. The summed E-state index contributed by atoms with van der Waals surface area (Å²) in [7, 11) is -3.54. The third-order valence-corrected chi connectivity index (χ3v) is 7.32. The lowest BCUT2D eigenvalue weighted by Crippen LogP contribution is -2.31. The molecule has 3 rings (SSSR count). The molecule has 1 saturated carbocycles. The van der Waals surface area contributed by atoms with Crippen molar-refractivity contribution < 1.29 is 12.9 Å². The molecule has 0 spiro atoms. The second-order valence-electron chi connectivity index (χ2n) is 7.11. The number of aromatic nitrogens is 2. The van der Waals surface area contributed by atoms with Gasteiger partial charge in [-0.15, -0.1) is 0 Å². The van der Waals surface area contributed by atoms with Crippen molar-refractivity contribution in [2.24, 2.45) is 0 Å². The fourth-order valence-corrected chi connectivity index (χ4v) is 4.87. The summed E-state index contributed by atoms with van der Waals surface area (Å²) >= 11 is 0. The maximum absolute atomic E-state index is 13.0. The zero-order valence-electron chi connectivity index (χ0n) is 17.7. The molecule has 0 amide bonds. The van der Waals surface area contributed by atoms with E-state index in [1.54, 1.807) is 12.1 Å². The van der Waals surface area contributed by atoms with Crippen LogP contribution in [0.1, 0.15) is 58.2 Å². The summed E-state index contributed by atoms with van der Waals surface area (Å²) < 4.78 is 32.7. The van der Waals surface area contributed by atoms with Crippen LogP contribution in [0.15, 0.2) is 27.6 Å². The predicted octanol–water partition coefficient (Wildman–Crippen LogP) is 3.44. The van der Waals surface area contributed by atoms with E-state index in [0.29, 0.717) is 31.4 Å². The van der Waals surface area contributed by atoms with E-state index in [4.69, 9.17) is 4.52 Å². The molecule has 1 aliphatic carbocycles. The van der Waals surface area contributed by atoms with Gasteiger partial charge in [-0.3, -0.25) is 0 Å². The van der Waals surface area contributed by atoms with Crippen molar-refractivity contribution in [2.45, 2.75) is 57.9 Å². The van der Waals surface area contributed by atoms with Crippen molar-refractivity contribution in [3.63, 3.8) is 0 Å². The van der Waals surface area contributed by atoms with Gasteiger partial charge >= 0.3 is 0 Å². The van der Waals surface area contributed by atoms with Crippen LogP contribution in [0.4, 0.5) is 11.4 Å². The van der Waals surface area contributed by atoms with Crippen molar-refractivity contribution in [1.29, 1.82) is 0 Å². The molecular formula is C20H31N5O3S. The van der Waals surface area contributed by atoms with Crippen molar-refractivity contribution in [1.82, 2.24) is 14.4 Å². The fraction of sp³-hybridized carbons (Fsp3) is 0.600. The lowest BCUT2D eigenvalue weighted by atomic mass is 10.2. The SMILES string of the molecule is CCN(CC)c1ccc(S(=O)(=O)N(CC)CC)cc1NCc1nc(C2CC2)no1. The molecule has 8 nitrogen and oxygen atoms in total. The van der Waals surface area contributed by atoms with Gasteiger partial charge in [-0.2, -0.15) is 9.29 Å². The highest BCUT2D eigenvalue weighted by Crippen LogP contribution is 2.38. The number of nitrogens with one attached hydrogen (secondary N) is 1. The van der Waals surface area contributed by atoms with Gasteiger partial charge in [0.05, 0.1) is 22.8 Å². The van der Waals surface area contributed by atoms with Crippen molar-refractivity contribution in [3.8, 4) is 0 Å².